The van der Waals surface area contributed by atoms with Crippen molar-refractivity contribution < 1.29 is 23.9 Å². The number of nitrogens with zero attached hydrogens (tertiary/aromatic N) is 2. The number of hydrogen-bond donors (Lipinski definition) is 5. The zero-order valence-electron chi connectivity index (χ0n) is 20.6. The number of rotatable bonds is 14. The largest absolute Gasteiger partial charge is 0.480 e. The first kappa shape index (κ1) is 28.7. The second kappa shape index (κ2) is 14.2. The second-order valence-electron chi connectivity index (χ2n) is 8.84. The Hall–Kier alpha value is -3.83. The summed E-state index contributed by atoms with van der Waals surface area (Å²) in [4.78, 5) is 37.0. The molecule has 3 rings (SSSR count). The molecule has 6 N–H and O–H groups in total. The molecule has 2 unspecified atom stereocenters. The molecule has 38 heavy (non-hydrogen) atoms. The van der Waals surface area contributed by atoms with Crippen molar-refractivity contribution in [3.63, 3.8) is 0 Å². The lowest BCUT2D eigenvalue weighted by atomic mass is 9.96. The van der Waals surface area contributed by atoms with Gasteiger partial charge in [0.05, 0.1) is 6.20 Å². The van der Waals surface area contributed by atoms with Crippen LogP contribution in [0, 0.1) is 5.82 Å². The van der Waals surface area contributed by atoms with Crippen LogP contribution in [0.1, 0.15) is 48.2 Å². The minimum atomic E-state index is -1.22. The lowest BCUT2D eigenvalue weighted by molar-refractivity contribution is -0.142. The first-order valence-corrected chi connectivity index (χ1v) is 12.6. The summed E-state index contributed by atoms with van der Waals surface area (Å²) < 4.78 is 14.3. The minimum Gasteiger partial charge on any atom is -0.480 e. The van der Waals surface area contributed by atoms with Gasteiger partial charge in [0.1, 0.15) is 11.9 Å². The third kappa shape index (κ3) is 8.63. The SMILES string of the molecule is NCCCCCC(=O)NC(CC(Cc1ccc(-c2cc(Cl)ccc2F)cc1)NC(=O)c1cn[nH]n1)C(=O)O. The summed E-state index contributed by atoms with van der Waals surface area (Å²) >= 11 is 6.01. The molecule has 0 saturated heterocycles. The number of aromatic nitrogens is 3. The summed E-state index contributed by atoms with van der Waals surface area (Å²) in [6.07, 6.45) is 3.76. The number of carboxylic acids is 1. The smallest absolute Gasteiger partial charge is 0.326 e. The molecule has 0 radical (unpaired) electrons. The number of carbonyl (C=O) groups excluding carboxylic acids is 2. The Morgan fingerprint density at radius 3 is 2.50 bits per heavy atom. The molecule has 2 amide bonds. The number of carboxylic acid groups (broad SMARTS) is 1. The van der Waals surface area contributed by atoms with Gasteiger partial charge in [-0.2, -0.15) is 15.4 Å². The molecule has 0 aliphatic rings. The molecule has 1 aromatic heterocycles. The maximum absolute atomic E-state index is 14.3. The van der Waals surface area contributed by atoms with E-state index in [1.165, 1.54) is 24.4 Å². The van der Waals surface area contributed by atoms with Gasteiger partial charge in [-0.3, -0.25) is 9.59 Å². The summed E-state index contributed by atoms with van der Waals surface area (Å²) in [5.41, 5.74) is 7.23. The fraction of sp³-hybridized carbons (Fsp3) is 0.346. The second-order valence-corrected chi connectivity index (χ2v) is 9.28. The molecule has 10 nitrogen and oxygen atoms in total. The highest BCUT2D eigenvalue weighted by Crippen LogP contribution is 2.26. The number of carbonyl (C=O) groups is 3. The number of aliphatic carboxylic acids is 1. The van der Waals surface area contributed by atoms with E-state index in [0.717, 1.165) is 18.4 Å². The van der Waals surface area contributed by atoms with Crippen molar-refractivity contribution >= 4 is 29.4 Å². The molecule has 0 aliphatic carbocycles. The molecule has 2 aromatic carbocycles. The number of H-pyrrole nitrogens is 1. The van der Waals surface area contributed by atoms with E-state index in [1.54, 1.807) is 24.3 Å². The van der Waals surface area contributed by atoms with Crippen LogP contribution in [-0.4, -0.2) is 56.9 Å². The predicted octanol–water partition coefficient (Wildman–Crippen LogP) is 3.08. The molecule has 2 atom stereocenters. The van der Waals surface area contributed by atoms with Crippen LogP contribution in [0.25, 0.3) is 11.1 Å². The molecular weight excluding hydrogens is 515 g/mol. The summed E-state index contributed by atoms with van der Waals surface area (Å²) in [5.74, 6) is -2.56. The molecule has 3 aromatic rings. The van der Waals surface area contributed by atoms with Gasteiger partial charge in [0, 0.05) is 23.0 Å². The van der Waals surface area contributed by atoms with Crippen LogP contribution in [0.15, 0.2) is 48.7 Å². The van der Waals surface area contributed by atoms with Crippen molar-refractivity contribution in [2.75, 3.05) is 6.54 Å². The number of nitrogens with one attached hydrogen (secondary N) is 3. The standard InChI is InChI=1S/C26H30ClFN6O4/c27-18-9-10-21(28)20(13-18)17-7-5-16(6-8-17)12-19(31-25(36)23-15-30-34-33-23)14-22(26(37)38)32-24(35)4-2-1-3-11-29/h5-10,13,15,19,22H,1-4,11-12,14,29H2,(H,31,36)(H,32,35)(H,37,38)(H,30,33,34). The Bertz CT molecular complexity index is 1220. The van der Waals surface area contributed by atoms with Crippen molar-refractivity contribution in [2.24, 2.45) is 5.73 Å². The van der Waals surface area contributed by atoms with Crippen LogP contribution in [0.2, 0.25) is 5.02 Å². The van der Waals surface area contributed by atoms with Crippen LogP contribution in [0.3, 0.4) is 0 Å². The Kier molecular flexibility index (Phi) is 10.7. The van der Waals surface area contributed by atoms with E-state index in [1.807, 2.05) is 0 Å². The molecule has 0 spiro atoms. The summed E-state index contributed by atoms with van der Waals surface area (Å²) in [6.45, 7) is 0.529. The molecule has 0 aliphatic heterocycles. The van der Waals surface area contributed by atoms with Gasteiger partial charge in [0.25, 0.3) is 5.91 Å². The molecule has 0 bridgehead atoms. The van der Waals surface area contributed by atoms with Gasteiger partial charge in [-0.25, -0.2) is 9.18 Å². The fourth-order valence-electron chi connectivity index (χ4n) is 3.97. The maximum atomic E-state index is 14.3. The highest BCUT2D eigenvalue weighted by Gasteiger charge is 2.26. The predicted molar refractivity (Wildman–Crippen MR) is 140 cm³/mol. The number of unbranched alkanes of at least 4 members (excludes halogenated alkanes) is 2. The van der Waals surface area contributed by atoms with E-state index in [0.29, 0.717) is 29.1 Å². The molecule has 0 fully saturated rings. The number of halogens is 2. The van der Waals surface area contributed by atoms with Gasteiger partial charge >= 0.3 is 5.97 Å². The van der Waals surface area contributed by atoms with Crippen LogP contribution in [0.5, 0.6) is 0 Å². The van der Waals surface area contributed by atoms with Crippen LogP contribution in [0.4, 0.5) is 4.39 Å². The van der Waals surface area contributed by atoms with Gasteiger partial charge in [0.2, 0.25) is 5.91 Å². The number of benzene rings is 2. The molecule has 202 valence electrons. The summed E-state index contributed by atoms with van der Waals surface area (Å²) in [5, 5.41) is 25.2. The molecule has 1 heterocycles. The van der Waals surface area contributed by atoms with Crippen molar-refractivity contribution in [3.8, 4) is 11.1 Å². The van der Waals surface area contributed by atoms with E-state index in [-0.39, 0.29) is 30.9 Å². The third-order valence-corrected chi connectivity index (χ3v) is 6.15. The maximum Gasteiger partial charge on any atom is 0.326 e. The van der Waals surface area contributed by atoms with Crippen molar-refractivity contribution in [2.45, 2.75) is 50.6 Å². The zero-order chi connectivity index (χ0) is 27.5. The van der Waals surface area contributed by atoms with Gasteiger partial charge < -0.3 is 21.5 Å². The lowest BCUT2D eigenvalue weighted by Gasteiger charge is -2.23. The first-order chi connectivity index (χ1) is 18.3. The Morgan fingerprint density at radius 1 is 1.08 bits per heavy atom. The number of aromatic amines is 1. The van der Waals surface area contributed by atoms with Gasteiger partial charge in [-0.05, 0) is 61.6 Å². The van der Waals surface area contributed by atoms with Crippen LogP contribution < -0.4 is 16.4 Å². The van der Waals surface area contributed by atoms with Crippen LogP contribution in [-0.2, 0) is 16.0 Å². The fourth-order valence-corrected chi connectivity index (χ4v) is 4.14. The highest BCUT2D eigenvalue weighted by molar-refractivity contribution is 6.30. The molecule has 0 saturated carbocycles. The molecule has 12 heteroatoms. The van der Waals surface area contributed by atoms with Crippen molar-refractivity contribution in [3.05, 3.63) is 70.8 Å². The van der Waals surface area contributed by atoms with Crippen molar-refractivity contribution in [1.82, 2.24) is 26.0 Å². The monoisotopic (exact) mass is 544 g/mol. The zero-order valence-corrected chi connectivity index (χ0v) is 21.4. The topological polar surface area (TPSA) is 163 Å². The lowest BCUT2D eigenvalue weighted by Crippen LogP contribution is -2.47. The Labute approximate surface area is 224 Å². The normalized spacial score (nSPS) is 12.5. The van der Waals surface area contributed by atoms with E-state index in [9.17, 15) is 23.9 Å². The average molecular weight is 545 g/mol. The number of hydrogen-bond acceptors (Lipinski definition) is 6. The molecular formula is C26H30ClFN6O4. The van der Waals surface area contributed by atoms with E-state index < -0.39 is 29.8 Å². The van der Waals surface area contributed by atoms with Gasteiger partial charge in [-0.1, -0.05) is 42.3 Å². The van der Waals surface area contributed by atoms with Gasteiger partial charge in [-0.15, -0.1) is 0 Å². The first-order valence-electron chi connectivity index (χ1n) is 12.2. The van der Waals surface area contributed by atoms with E-state index >= 15 is 0 Å². The van der Waals surface area contributed by atoms with Crippen LogP contribution >= 0.6 is 11.6 Å². The number of nitrogens with two attached hydrogens (primary N) is 1. The summed E-state index contributed by atoms with van der Waals surface area (Å²) in [6, 6.07) is 9.35. The minimum absolute atomic E-state index is 0.0394. The van der Waals surface area contributed by atoms with Gasteiger partial charge in [0.15, 0.2) is 5.69 Å². The Morgan fingerprint density at radius 2 is 1.84 bits per heavy atom. The van der Waals surface area contributed by atoms with Crippen molar-refractivity contribution in [1.29, 1.82) is 0 Å². The quantitative estimate of drug-likeness (QED) is 0.195. The van der Waals surface area contributed by atoms with E-state index in [2.05, 4.69) is 26.0 Å². The van der Waals surface area contributed by atoms with E-state index in [4.69, 9.17) is 17.3 Å². The highest BCUT2D eigenvalue weighted by atomic mass is 35.5. The summed E-state index contributed by atoms with van der Waals surface area (Å²) in [7, 11) is 0. The third-order valence-electron chi connectivity index (χ3n) is 5.92. The average Bonchev–Trinajstić information content (AvgIpc) is 3.43. The number of amides is 2. The Balaban J connectivity index is 1.74.